The molecule has 0 aliphatic heterocycles. The van der Waals surface area contributed by atoms with Crippen molar-refractivity contribution in [1.82, 2.24) is 15.4 Å². The average molecular weight is 183 g/mol. The van der Waals surface area contributed by atoms with Crippen LogP contribution in [0.3, 0.4) is 0 Å². The van der Waals surface area contributed by atoms with E-state index in [0.29, 0.717) is 12.1 Å². The third-order valence-electron chi connectivity index (χ3n) is 1.52. The van der Waals surface area contributed by atoms with Gasteiger partial charge in [-0.05, 0) is 11.8 Å². The number of aromatic amines is 1. The molecule has 0 saturated heterocycles. The maximum absolute atomic E-state index is 10.6. The molecule has 1 heterocycles. The lowest BCUT2D eigenvalue weighted by Crippen LogP contribution is -2.13. The van der Waals surface area contributed by atoms with Crippen molar-refractivity contribution in [3.63, 3.8) is 0 Å². The summed E-state index contributed by atoms with van der Waals surface area (Å²) >= 11 is 0. The van der Waals surface area contributed by atoms with Crippen molar-refractivity contribution in [2.75, 3.05) is 0 Å². The molecule has 2 N–H and O–H groups in total. The zero-order chi connectivity index (χ0) is 10.1. The minimum atomic E-state index is -1.03. The molecule has 1 aromatic heterocycles. The van der Waals surface area contributed by atoms with Crippen LogP contribution in [-0.4, -0.2) is 26.5 Å². The summed E-state index contributed by atoms with van der Waals surface area (Å²) in [5.74, 6) is -1.03. The van der Waals surface area contributed by atoms with Gasteiger partial charge in [0.2, 0.25) is 0 Å². The molecule has 5 nitrogen and oxygen atoms in total. The summed E-state index contributed by atoms with van der Waals surface area (Å²) in [6, 6.07) is 0. The van der Waals surface area contributed by atoms with Crippen LogP contribution in [0.2, 0.25) is 0 Å². The Morgan fingerprint density at radius 3 is 2.54 bits per heavy atom. The zero-order valence-corrected chi connectivity index (χ0v) is 7.96. The fourth-order valence-corrected chi connectivity index (χ4v) is 1.05. The van der Waals surface area contributed by atoms with E-state index < -0.39 is 5.97 Å². The third-order valence-corrected chi connectivity index (χ3v) is 1.52. The van der Waals surface area contributed by atoms with Crippen LogP contribution in [0.15, 0.2) is 0 Å². The van der Waals surface area contributed by atoms with Gasteiger partial charge in [-0.25, -0.2) is 4.79 Å². The highest BCUT2D eigenvalue weighted by Gasteiger charge is 2.20. The van der Waals surface area contributed by atoms with E-state index in [2.05, 4.69) is 15.4 Å². The lowest BCUT2D eigenvalue weighted by atomic mass is 9.90. The molecule has 0 unspecified atom stereocenters. The Morgan fingerprint density at radius 2 is 2.08 bits per heavy atom. The van der Waals surface area contributed by atoms with Crippen LogP contribution in [-0.2, 0) is 6.42 Å². The molecule has 0 bridgehead atoms. The van der Waals surface area contributed by atoms with Crippen LogP contribution < -0.4 is 0 Å². The molecule has 0 spiro atoms. The number of aromatic nitrogens is 3. The minimum Gasteiger partial charge on any atom is -0.476 e. The van der Waals surface area contributed by atoms with Crippen molar-refractivity contribution < 1.29 is 9.90 Å². The summed E-state index contributed by atoms with van der Waals surface area (Å²) in [5, 5.41) is 18.4. The standard InChI is InChI=1S/C8H13N3O2/c1-8(2,3)4-5-6(7(12)13)10-11-9-5/h4H2,1-3H3,(H,12,13)(H,9,10,11). The number of carboxylic acids is 1. The maximum Gasteiger partial charge on any atom is 0.358 e. The van der Waals surface area contributed by atoms with Gasteiger partial charge in [-0.2, -0.15) is 10.3 Å². The number of nitrogens with zero attached hydrogens (tertiary/aromatic N) is 2. The van der Waals surface area contributed by atoms with Crippen molar-refractivity contribution in [3.05, 3.63) is 11.4 Å². The Kier molecular flexibility index (Phi) is 2.36. The van der Waals surface area contributed by atoms with Crippen LogP contribution >= 0.6 is 0 Å². The van der Waals surface area contributed by atoms with E-state index >= 15 is 0 Å². The second kappa shape index (κ2) is 3.16. The molecule has 13 heavy (non-hydrogen) atoms. The molecule has 0 amide bonds. The van der Waals surface area contributed by atoms with Gasteiger partial charge >= 0.3 is 5.97 Å². The van der Waals surface area contributed by atoms with Gasteiger partial charge in [0.1, 0.15) is 0 Å². The topological polar surface area (TPSA) is 78.9 Å². The normalized spacial score (nSPS) is 11.6. The molecule has 0 aromatic carbocycles. The second-order valence-corrected chi connectivity index (χ2v) is 4.16. The molecule has 1 rings (SSSR count). The van der Waals surface area contributed by atoms with E-state index in [4.69, 9.17) is 5.11 Å². The zero-order valence-electron chi connectivity index (χ0n) is 7.96. The Bertz CT molecular complexity index is 311. The average Bonchev–Trinajstić information content (AvgIpc) is 2.31. The fraction of sp³-hybridized carbons (Fsp3) is 0.625. The van der Waals surface area contributed by atoms with Gasteiger partial charge in [-0.3, -0.25) is 0 Å². The van der Waals surface area contributed by atoms with Gasteiger partial charge in [0, 0.05) is 0 Å². The highest BCUT2D eigenvalue weighted by molar-refractivity contribution is 5.86. The van der Waals surface area contributed by atoms with E-state index in [0.717, 1.165) is 0 Å². The van der Waals surface area contributed by atoms with E-state index in [1.807, 2.05) is 20.8 Å². The lowest BCUT2D eigenvalue weighted by Gasteiger charge is -2.15. The number of aromatic carboxylic acids is 1. The van der Waals surface area contributed by atoms with Crippen LogP contribution in [0, 0.1) is 5.41 Å². The molecule has 0 radical (unpaired) electrons. The molecule has 1 aromatic rings. The summed E-state index contributed by atoms with van der Waals surface area (Å²) in [5.41, 5.74) is 0.552. The van der Waals surface area contributed by atoms with Gasteiger partial charge < -0.3 is 5.11 Å². The number of carbonyl (C=O) groups is 1. The van der Waals surface area contributed by atoms with Crippen LogP contribution in [0.5, 0.6) is 0 Å². The minimum absolute atomic E-state index is 0.0150. The number of hydrogen-bond acceptors (Lipinski definition) is 3. The van der Waals surface area contributed by atoms with Gasteiger partial charge in [0.05, 0.1) is 5.69 Å². The van der Waals surface area contributed by atoms with E-state index in [1.54, 1.807) is 0 Å². The highest BCUT2D eigenvalue weighted by atomic mass is 16.4. The van der Waals surface area contributed by atoms with Crippen LogP contribution in [0.25, 0.3) is 0 Å². The molecule has 0 aliphatic rings. The van der Waals surface area contributed by atoms with Crippen molar-refractivity contribution in [2.24, 2.45) is 5.41 Å². The van der Waals surface area contributed by atoms with E-state index in [9.17, 15) is 4.79 Å². The van der Waals surface area contributed by atoms with Crippen LogP contribution in [0.4, 0.5) is 0 Å². The SMILES string of the molecule is CC(C)(C)Cc1n[nH]nc1C(=O)O. The summed E-state index contributed by atoms with van der Waals surface area (Å²) in [6.07, 6.45) is 0.602. The molecule has 72 valence electrons. The number of H-pyrrole nitrogens is 1. The molecule has 0 saturated carbocycles. The Hall–Kier alpha value is -1.39. The largest absolute Gasteiger partial charge is 0.476 e. The first-order chi connectivity index (χ1) is 5.90. The third kappa shape index (κ3) is 2.54. The first kappa shape index (κ1) is 9.70. The monoisotopic (exact) mass is 183 g/mol. The van der Waals surface area contributed by atoms with Crippen molar-refractivity contribution in [2.45, 2.75) is 27.2 Å². The van der Waals surface area contributed by atoms with Crippen molar-refractivity contribution >= 4 is 5.97 Å². The Labute approximate surface area is 76.2 Å². The molecular formula is C8H13N3O2. The van der Waals surface area contributed by atoms with Gasteiger partial charge in [0.25, 0.3) is 0 Å². The molecule has 5 heteroatoms. The van der Waals surface area contributed by atoms with Gasteiger partial charge in [-0.1, -0.05) is 20.8 Å². The summed E-state index contributed by atoms with van der Waals surface area (Å²) in [6.45, 7) is 6.06. The van der Waals surface area contributed by atoms with Crippen molar-refractivity contribution in [3.8, 4) is 0 Å². The second-order valence-electron chi connectivity index (χ2n) is 4.16. The molecule has 0 fully saturated rings. The molecule has 0 aliphatic carbocycles. The lowest BCUT2D eigenvalue weighted by molar-refractivity contribution is 0.0688. The summed E-state index contributed by atoms with van der Waals surface area (Å²) < 4.78 is 0. The smallest absolute Gasteiger partial charge is 0.358 e. The molecule has 0 atom stereocenters. The highest BCUT2D eigenvalue weighted by Crippen LogP contribution is 2.20. The first-order valence-electron chi connectivity index (χ1n) is 4.03. The molecular weight excluding hydrogens is 170 g/mol. The van der Waals surface area contributed by atoms with Gasteiger partial charge in [-0.15, -0.1) is 5.10 Å². The number of carboxylic acid groups (broad SMARTS) is 1. The number of nitrogens with one attached hydrogen (secondary N) is 1. The number of hydrogen-bond donors (Lipinski definition) is 2. The van der Waals surface area contributed by atoms with E-state index in [1.165, 1.54) is 0 Å². The number of rotatable bonds is 2. The maximum atomic E-state index is 10.6. The Morgan fingerprint density at radius 1 is 1.46 bits per heavy atom. The van der Waals surface area contributed by atoms with Gasteiger partial charge in [0.15, 0.2) is 5.69 Å². The summed E-state index contributed by atoms with van der Waals surface area (Å²) in [4.78, 5) is 10.6. The quantitative estimate of drug-likeness (QED) is 0.719. The predicted molar refractivity (Wildman–Crippen MR) is 46.5 cm³/mol. The first-order valence-corrected chi connectivity index (χ1v) is 4.03. The van der Waals surface area contributed by atoms with Crippen LogP contribution in [0.1, 0.15) is 37.0 Å². The summed E-state index contributed by atoms with van der Waals surface area (Å²) in [7, 11) is 0. The van der Waals surface area contributed by atoms with Crippen molar-refractivity contribution in [1.29, 1.82) is 0 Å². The fourth-order valence-electron chi connectivity index (χ4n) is 1.05. The predicted octanol–water partition coefficient (Wildman–Crippen LogP) is 1.09. The van der Waals surface area contributed by atoms with E-state index in [-0.39, 0.29) is 11.1 Å². The Balaban J connectivity index is 2.89.